The molecule has 18 heavy (non-hydrogen) atoms. The van der Waals surface area contributed by atoms with Gasteiger partial charge >= 0.3 is 0 Å². The van der Waals surface area contributed by atoms with Gasteiger partial charge in [0.1, 0.15) is 0 Å². The molecule has 1 aromatic rings. The van der Waals surface area contributed by atoms with Gasteiger partial charge < -0.3 is 5.73 Å². The number of hydrogen-bond acceptors (Lipinski definition) is 1. The predicted molar refractivity (Wildman–Crippen MR) is 78.9 cm³/mol. The van der Waals surface area contributed by atoms with E-state index in [1.54, 1.807) is 0 Å². The summed E-state index contributed by atoms with van der Waals surface area (Å²) in [7, 11) is 0. The van der Waals surface area contributed by atoms with E-state index < -0.39 is 0 Å². The van der Waals surface area contributed by atoms with E-state index >= 15 is 0 Å². The van der Waals surface area contributed by atoms with Crippen LogP contribution in [-0.4, -0.2) is 6.04 Å². The van der Waals surface area contributed by atoms with Crippen molar-refractivity contribution in [1.29, 1.82) is 0 Å². The molecule has 2 rings (SSSR count). The molecule has 2 N–H and O–H groups in total. The Hall–Kier alpha value is -0.530. The highest BCUT2D eigenvalue weighted by Crippen LogP contribution is 2.33. The van der Waals surface area contributed by atoms with Crippen molar-refractivity contribution >= 4 is 11.6 Å². The quantitative estimate of drug-likeness (QED) is 0.857. The molecule has 3 atom stereocenters. The van der Waals surface area contributed by atoms with Crippen LogP contribution in [-0.2, 0) is 6.42 Å². The maximum absolute atomic E-state index is 6.40. The van der Waals surface area contributed by atoms with Crippen LogP contribution in [0, 0.1) is 11.8 Å². The topological polar surface area (TPSA) is 26.0 Å². The summed E-state index contributed by atoms with van der Waals surface area (Å²) in [6.45, 7) is 2.30. The van der Waals surface area contributed by atoms with E-state index in [1.807, 2.05) is 12.1 Å². The molecular formula is C16H24ClN. The van der Waals surface area contributed by atoms with Gasteiger partial charge in [0, 0.05) is 11.1 Å². The third-order valence-electron chi connectivity index (χ3n) is 4.39. The van der Waals surface area contributed by atoms with Crippen LogP contribution in [0.3, 0.4) is 0 Å². The van der Waals surface area contributed by atoms with E-state index in [0.29, 0.717) is 12.0 Å². The molecule has 0 aliphatic heterocycles. The van der Waals surface area contributed by atoms with Gasteiger partial charge in [-0.3, -0.25) is 0 Å². The summed E-state index contributed by atoms with van der Waals surface area (Å²) >= 11 is 5.90. The molecule has 1 fully saturated rings. The SMILES string of the molecule is CCC1CCCC(C(N)Cc2ccc(Cl)cc2)C1. The van der Waals surface area contributed by atoms with Crippen molar-refractivity contribution in [2.24, 2.45) is 17.6 Å². The van der Waals surface area contributed by atoms with E-state index in [0.717, 1.165) is 17.4 Å². The molecule has 1 saturated carbocycles. The molecule has 0 saturated heterocycles. The highest BCUT2D eigenvalue weighted by atomic mass is 35.5. The molecular weight excluding hydrogens is 242 g/mol. The fourth-order valence-electron chi connectivity index (χ4n) is 3.15. The summed E-state index contributed by atoms with van der Waals surface area (Å²) in [6.07, 6.45) is 7.69. The second-order valence-corrected chi connectivity index (χ2v) is 6.13. The first-order valence-corrected chi connectivity index (χ1v) is 7.57. The molecule has 0 radical (unpaired) electrons. The lowest BCUT2D eigenvalue weighted by Crippen LogP contribution is -2.35. The number of halogens is 1. The fourth-order valence-corrected chi connectivity index (χ4v) is 3.28. The Bertz CT molecular complexity index is 360. The van der Waals surface area contributed by atoms with Crippen LogP contribution < -0.4 is 5.73 Å². The van der Waals surface area contributed by atoms with E-state index in [2.05, 4.69) is 19.1 Å². The number of hydrogen-bond donors (Lipinski definition) is 1. The molecule has 0 bridgehead atoms. The average molecular weight is 266 g/mol. The van der Waals surface area contributed by atoms with Gasteiger partial charge in [-0.25, -0.2) is 0 Å². The summed E-state index contributed by atoms with van der Waals surface area (Å²) in [5.41, 5.74) is 7.71. The zero-order valence-electron chi connectivity index (χ0n) is 11.2. The highest BCUT2D eigenvalue weighted by Gasteiger charge is 2.25. The first kappa shape index (κ1) is 13.9. The van der Waals surface area contributed by atoms with Crippen LogP contribution in [0.15, 0.2) is 24.3 Å². The van der Waals surface area contributed by atoms with Crippen LogP contribution >= 0.6 is 11.6 Å². The molecule has 1 aliphatic rings. The minimum atomic E-state index is 0.306. The second-order valence-electron chi connectivity index (χ2n) is 5.70. The Morgan fingerprint density at radius 2 is 2.00 bits per heavy atom. The first-order chi connectivity index (χ1) is 8.69. The minimum absolute atomic E-state index is 0.306. The Morgan fingerprint density at radius 1 is 1.28 bits per heavy atom. The molecule has 1 nitrogen and oxygen atoms in total. The third kappa shape index (κ3) is 3.73. The first-order valence-electron chi connectivity index (χ1n) is 7.19. The smallest absolute Gasteiger partial charge is 0.0406 e. The van der Waals surface area contributed by atoms with Gasteiger partial charge in [-0.2, -0.15) is 0 Å². The largest absolute Gasteiger partial charge is 0.327 e. The monoisotopic (exact) mass is 265 g/mol. The zero-order chi connectivity index (χ0) is 13.0. The van der Waals surface area contributed by atoms with E-state index in [9.17, 15) is 0 Å². The van der Waals surface area contributed by atoms with Gasteiger partial charge in [-0.1, -0.05) is 49.9 Å². The summed E-state index contributed by atoms with van der Waals surface area (Å²) in [6, 6.07) is 8.42. The lowest BCUT2D eigenvalue weighted by atomic mass is 9.76. The van der Waals surface area contributed by atoms with Crippen molar-refractivity contribution in [2.75, 3.05) is 0 Å². The van der Waals surface area contributed by atoms with Crippen molar-refractivity contribution in [3.8, 4) is 0 Å². The van der Waals surface area contributed by atoms with E-state index in [4.69, 9.17) is 17.3 Å². The summed E-state index contributed by atoms with van der Waals surface area (Å²) in [5.74, 6) is 1.61. The van der Waals surface area contributed by atoms with Crippen LogP contribution in [0.5, 0.6) is 0 Å². The third-order valence-corrected chi connectivity index (χ3v) is 4.64. The van der Waals surface area contributed by atoms with Gasteiger partial charge in [0.2, 0.25) is 0 Å². The van der Waals surface area contributed by atoms with Crippen molar-refractivity contribution in [1.82, 2.24) is 0 Å². The van der Waals surface area contributed by atoms with Gasteiger partial charge in [0.15, 0.2) is 0 Å². The van der Waals surface area contributed by atoms with Gasteiger partial charge in [-0.15, -0.1) is 0 Å². The Morgan fingerprint density at radius 3 is 2.67 bits per heavy atom. The van der Waals surface area contributed by atoms with E-state index in [1.165, 1.54) is 37.7 Å². The minimum Gasteiger partial charge on any atom is -0.327 e. The Balaban J connectivity index is 1.90. The van der Waals surface area contributed by atoms with Crippen LogP contribution in [0.25, 0.3) is 0 Å². The molecule has 2 heteroatoms. The number of rotatable bonds is 4. The Labute approximate surface area is 116 Å². The van der Waals surface area contributed by atoms with Gasteiger partial charge in [0.25, 0.3) is 0 Å². The maximum Gasteiger partial charge on any atom is 0.0406 e. The molecule has 3 unspecified atom stereocenters. The van der Waals surface area contributed by atoms with Crippen molar-refractivity contribution in [3.63, 3.8) is 0 Å². The molecule has 0 amide bonds. The standard InChI is InChI=1S/C16H24ClN/c1-2-12-4-3-5-14(10-12)16(18)11-13-6-8-15(17)9-7-13/h6-9,12,14,16H,2-5,10-11,18H2,1H3. The summed E-state index contributed by atoms with van der Waals surface area (Å²) in [4.78, 5) is 0. The van der Waals surface area contributed by atoms with E-state index in [-0.39, 0.29) is 0 Å². The fraction of sp³-hybridized carbons (Fsp3) is 0.625. The van der Waals surface area contributed by atoms with Crippen molar-refractivity contribution in [2.45, 2.75) is 51.5 Å². The highest BCUT2D eigenvalue weighted by molar-refractivity contribution is 6.30. The Kier molecular flexibility index (Phi) is 5.08. The molecule has 1 aromatic carbocycles. The van der Waals surface area contributed by atoms with Crippen LogP contribution in [0.1, 0.15) is 44.6 Å². The zero-order valence-corrected chi connectivity index (χ0v) is 12.0. The van der Waals surface area contributed by atoms with Gasteiger partial charge in [0.05, 0.1) is 0 Å². The molecule has 0 spiro atoms. The van der Waals surface area contributed by atoms with Gasteiger partial charge in [-0.05, 0) is 48.8 Å². The number of benzene rings is 1. The van der Waals surface area contributed by atoms with Crippen LogP contribution in [0.4, 0.5) is 0 Å². The summed E-state index contributed by atoms with van der Waals surface area (Å²) < 4.78 is 0. The number of nitrogens with two attached hydrogens (primary N) is 1. The molecule has 1 aliphatic carbocycles. The summed E-state index contributed by atoms with van der Waals surface area (Å²) in [5, 5.41) is 0.802. The molecule has 0 aromatic heterocycles. The lowest BCUT2D eigenvalue weighted by molar-refractivity contribution is 0.228. The second kappa shape index (κ2) is 6.58. The molecule has 0 heterocycles. The van der Waals surface area contributed by atoms with Crippen molar-refractivity contribution in [3.05, 3.63) is 34.9 Å². The average Bonchev–Trinajstić information content (AvgIpc) is 2.41. The molecule has 100 valence electrons. The van der Waals surface area contributed by atoms with Crippen LogP contribution in [0.2, 0.25) is 5.02 Å². The predicted octanol–water partition coefficient (Wildman–Crippen LogP) is 4.43. The maximum atomic E-state index is 6.40. The van der Waals surface area contributed by atoms with Crippen molar-refractivity contribution < 1.29 is 0 Å². The normalized spacial score (nSPS) is 25.9. The lowest BCUT2D eigenvalue weighted by Gasteiger charge is -2.32.